The second-order valence-electron chi connectivity index (χ2n) is 15.7. The summed E-state index contributed by atoms with van der Waals surface area (Å²) >= 11 is 0. The minimum absolute atomic E-state index is 0.0334. The minimum atomic E-state index is -1.07. The molecule has 0 spiro atoms. The zero-order valence-corrected chi connectivity index (χ0v) is 32.6. The van der Waals surface area contributed by atoms with Gasteiger partial charge in [0.15, 0.2) is 0 Å². The van der Waals surface area contributed by atoms with E-state index in [0.29, 0.717) is 36.9 Å². The van der Waals surface area contributed by atoms with Crippen molar-refractivity contribution in [3.05, 3.63) is 89.5 Å². The van der Waals surface area contributed by atoms with Gasteiger partial charge in [0.1, 0.15) is 30.4 Å². The van der Waals surface area contributed by atoms with Gasteiger partial charge >= 0.3 is 18.2 Å². The number of hydrogen-bond acceptors (Lipinski definition) is 8. The third kappa shape index (κ3) is 10.4. The summed E-state index contributed by atoms with van der Waals surface area (Å²) in [4.78, 5) is 66.9. The Balaban J connectivity index is 1.22. The van der Waals surface area contributed by atoms with Crippen LogP contribution in [-0.4, -0.2) is 66.4 Å². The average Bonchev–Trinajstić information content (AvgIpc) is 3.45. The molecule has 12 heteroatoms. The second kappa shape index (κ2) is 17.8. The van der Waals surface area contributed by atoms with Crippen LogP contribution >= 0.6 is 0 Å². The summed E-state index contributed by atoms with van der Waals surface area (Å²) < 4.78 is 16.9. The van der Waals surface area contributed by atoms with E-state index in [4.69, 9.17) is 19.9 Å². The van der Waals surface area contributed by atoms with Crippen LogP contribution in [0.15, 0.2) is 72.8 Å². The van der Waals surface area contributed by atoms with Crippen LogP contribution in [0.25, 0.3) is 11.1 Å². The maximum absolute atomic E-state index is 14.4. The van der Waals surface area contributed by atoms with Gasteiger partial charge in [0.25, 0.3) is 5.91 Å². The van der Waals surface area contributed by atoms with Crippen LogP contribution in [0.1, 0.15) is 96.3 Å². The van der Waals surface area contributed by atoms with Crippen LogP contribution < -0.4 is 21.3 Å². The lowest BCUT2D eigenvalue weighted by Crippen LogP contribution is -2.56. The molecule has 12 nitrogen and oxygen atoms in total. The number of esters is 1. The Labute approximate surface area is 323 Å². The van der Waals surface area contributed by atoms with Gasteiger partial charge in [-0.2, -0.15) is 0 Å². The fourth-order valence-electron chi connectivity index (χ4n) is 7.31. The zero-order valence-electron chi connectivity index (χ0n) is 32.6. The highest BCUT2D eigenvalue weighted by Crippen LogP contribution is 2.44. The zero-order chi connectivity index (χ0) is 39.9. The molecule has 3 aromatic rings. The quantitative estimate of drug-likeness (QED) is 0.127. The number of benzene rings is 3. The molecule has 5 rings (SSSR count). The SMILES string of the molecule is CC(C)[C@H](NC(=O)OCC1c2ccccc2-c2ccccc21)C(=O)N(c1ccccc1CCC(=O)O[C@H]1CC[C@H](NC(=O)OC(C)(C)C)CC1)[C@@H](C)C(N)=O. The molecule has 3 aromatic carbocycles. The van der Waals surface area contributed by atoms with Crippen molar-refractivity contribution in [3.8, 4) is 11.1 Å². The van der Waals surface area contributed by atoms with E-state index in [0.717, 1.165) is 22.3 Å². The average molecular weight is 755 g/mol. The first kappa shape index (κ1) is 40.8. The Kier molecular flexibility index (Phi) is 13.2. The van der Waals surface area contributed by atoms with Crippen LogP contribution in [0.4, 0.5) is 15.3 Å². The van der Waals surface area contributed by atoms with Gasteiger partial charge in [-0.1, -0.05) is 80.6 Å². The van der Waals surface area contributed by atoms with Crippen molar-refractivity contribution < 1.29 is 38.2 Å². The molecule has 2 aliphatic carbocycles. The highest BCUT2D eigenvalue weighted by atomic mass is 16.6. The van der Waals surface area contributed by atoms with E-state index in [2.05, 4.69) is 22.8 Å². The first-order chi connectivity index (χ1) is 26.1. The number of carbonyl (C=O) groups excluding carboxylic acids is 5. The van der Waals surface area contributed by atoms with Gasteiger partial charge in [-0.25, -0.2) is 9.59 Å². The van der Waals surface area contributed by atoms with Gasteiger partial charge < -0.3 is 30.6 Å². The molecule has 0 unspecified atom stereocenters. The van der Waals surface area contributed by atoms with Crippen molar-refractivity contribution in [2.75, 3.05) is 11.5 Å². The second-order valence-corrected chi connectivity index (χ2v) is 15.7. The van der Waals surface area contributed by atoms with Crippen LogP contribution in [0.2, 0.25) is 0 Å². The van der Waals surface area contributed by atoms with Crippen LogP contribution in [-0.2, 0) is 35.0 Å². The number of hydrogen-bond donors (Lipinski definition) is 3. The number of primary amides is 1. The highest BCUT2D eigenvalue weighted by molar-refractivity contribution is 6.04. The number of alkyl carbamates (subject to hydrolysis) is 2. The predicted octanol–water partition coefficient (Wildman–Crippen LogP) is 6.77. The molecule has 55 heavy (non-hydrogen) atoms. The molecular formula is C43H54N4O8. The number of nitrogens with zero attached hydrogens (tertiary/aromatic N) is 1. The Hall–Kier alpha value is -5.39. The molecule has 1 saturated carbocycles. The Bertz CT molecular complexity index is 1820. The molecule has 4 amide bonds. The third-order valence-electron chi connectivity index (χ3n) is 10.1. The maximum Gasteiger partial charge on any atom is 0.407 e. The molecule has 0 saturated heterocycles. The van der Waals surface area contributed by atoms with Crippen LogP contribution in [0.3, 0.4) is 0 Å². The van der Waals surface area contributed by atoms with Crippen molar-refractivity contribution in [2.24, 2.45) is 11.7 Å². The fourth-order valence-corrected chi connectivity index (χ4v) is 7.31. The Morgan fingerprint density at radius 3 is 1.98 bits per heavy atom. The lowest BCUT2D eigenvalue weighted by Gasteiger charge is -2.34. The molecule has 1 fully saturated rings. The van der Waals surface area contributed by atoms with E-state index in [1.165, 1.54) is 11.8 Å². The number of aryl methyl sites for hydroxylation is 1. The van der Waals surface area contributed by atoms with E-state index >= 15 is 0 Å². The number of carbonyl (C=O) groups is 5. The fraction of sp³-hybridized carbons (Fsp3) is 0.465. The smallest absolute Gasteiger partial charge is 0.407 e. The number of ether oxygens (including phenoxy) is 3. The number of para-hydroxylation sites is 1. The summed E-state index contributed by atoms with van der Waals surface area (Å²) in [6, 6.07) is 20.9. The molecule has 2 atom stereocenters. The lowest BCUT2D eigenvalue weighted by molar-refractivity contribution is -0.150. The highest BCUT2D eigenvalue weighted by Gasteiger charge is 2.36. The number of anilines is 1. The molecule has 0 radical (unpaired) electrons. The van der Waals surface area contributed by atoms with E-state index in [1.807, 2.05) is 57.2 Å². The molecule has 0 aliphatic heterocycles. The molecule has 0 aromatic heterocycles. The summed E-state index contributed by atoms with van der Waals surface area (Å²) in [6.07, 6.45) is 1.29. The van der Waals surface area contributed by atoms with Crippen molar-refractivity contribution >= 4 is 35.7 Å². The summed E-state index contributed by atoms with van der Waals surface area (Å²) in [5.41, 5.74) is 10.6. The van der Waals surface area contributed by atoms with Gasteiger partial charge in [0.05, 0.1) is 0 Å². The summed E-state index contributed by atoms with van der Waals surface area (Å²) in [6.45, 7) is 10.6. The van der Waals surface area contributed by atoms with Crippen LogP contribution in [0.5, 0.6) is 0 Å². The summed E-state index contributed by atoms with van der Waals surface area (Å²) in [5, 5.41) is 5.65. The standard InChI is InChI=1S/C43H54N4O8/c1-26(2)38(46-41(51)53-25-35-33-16-10-8-14-31(33)32-15-9-11-17-34(32)35)40(50)47(27(3)39(44)49)36-18-12-7-13-28(36)19-24-37(48)54-30-22-20-29(21-23-30)45-42(52)55-43(4,5)6/h7-18,26-27,29-30,35,38H,19-25H2,1-6H3,(H2,44,49)(H,45,52)(H,46,51)/t27-,29-,30-,38-/m0/s1. The van der Waals surface area contributed by atoms with Crippen molar-refractivity contribution in [1.82, 2.24) is 10.6 Å². The van der Waals surface area contributed by atoms with Crippen LogP contribution in [0, 0.1) is 5.92 Å². The monoisotopic (exact) mass is 754 g/mol. The molecule has 0 bridgehead atoms. The first-order valence-electron chi connectivity index (χ1n) is 19.1. The topological polar surface area (TPSA) is 166 Å². The normalized spacial score (nSPS) is 17.6. The summed E-state index contributed by atoms with van der Waals surface area (Å²) in [7, 11) is 0. The Morgan fingerprint density at radius 1 is 0.818 bits per heavy atom. The molecule has 0 heterocycles. The van der Waals surface area contributed by atoms with E-state index in [9.17, 15) is 24.0 Å². The van der Waals surface area contributed by atoms with Crippen molar-refractivity contribution in [2.45, 2.75) is 116 Å². The van der Waals surface area contributed by atoms with E-state index < -0.39 is 47.7 Å². The number of nitrogens with one attached hydrogen (secondary N) is 2. The number of fused-ring (bicyclic) bond motifs is 3. The number of amides is 4. The minimum Gasteiger partial charge on any atom is -0.462 e. The summed E-state index contributed by atoms with van der Waals surface area (Å²) in [5.74, 6) is -2.21. The van der Waals surface area contributed by atoms with E-state index in [-0.39, 0.29) is 43.4 Å². The molecule has 294 valence electrons. The van der Waals surface area contributed by atoms with E-state index in [1.54, 1.807) is 38.1 Å². The number of nitrogens with two attached hydrogens (primary N) is 1. The molecule has 4 N–H and O–H groups in total. The van der Waals surface area contributed by atoms with Crippen molar-refractivity contribution in [1.29, 1.82) is 0 Å². The van der Waals surface area contributed by atoms with Gasteiger partial charge in [-0.15, -0.1) is 0 Å². The van der Waals surface area contributed by atoms with Gasteiger partial charge in [0.2, 0.25) is 5.91 Å². The lowest BCUT2D eigenvalue weighted by atomic mass is 9.93. The van der Waals surface area contributed by atoms with Gasteiger partial charge in [-0.3, -0.25) is 19.3 Å². The molecular weight excluding hydrogens is 700 g/mol. The maximum atomic E-state index is 14.4. The predicted molar refractivity (Wildman–Crippen MR) is 209 cm³/mol. The largest absolute Gasteiger partial charge is 0.462 e. The third-order valence-corrected chi connectivity index (χ3v) is 10.1. The van der Waals surface area contributed by atoms with Crippen molar-refractivity contribution in [3.63, 3.8) is 0 Å². The van der Waals surface area contributed by atoms with Gasteiger partial charge in [0, 0.05) is 24.1 Å². The van der Waals surface area contributed by atoms with Gasteiger partial charge in [-0.05, 0) is 99.6 Å². The Morgan fingerprint density at radius 2 is 1.40 bits per heavy atom. The number of rotatable bonds is 13. The molecule has 2 aliphatic rings. The first-order valence-corrected chi connectivity index (χ1v) is 19.1.